The quantitative estimate of drug-likeness (QED) is 0.353. The van der Waals surface area contributed by atoms with Gasteiger partial charge < -0.3 is 25.0 Å². The van der Waals surface area contributed by atoms with Gasteiger partial charge >= 0.3 is 0 Å². The van der Waals surface area contributed by atoms with Gasteiger partial charge in [0, 0.05) is 58.0 Å². The summed E-state index contributed by atoms with van der Waals surface area (Å²) in [4.78, 5) is 6.67. The first-order valence-corrected chi connectivity index (χ1v) is 10.1. The number of anilines is 1. The zero-order chi connectivity index (χ0) is 19.3. The van der Waals surface area contributed by atoms with Crippen LogP contribution in [0.15, 0.2) is 29.3 Å². The van der Waals surface area contributed by atoms with Gasteiger partial charge in [0.05, 0.1) is 13.2 Å². The molecular formula is C21H36N4O2. The standard InChI is InChI=1S/C21H36N4O2/c1-4-25(20-8-5-7-18(2)15-20)12-11-24-21(22-3)23-10-6-13-26-16-19-9-14-27-17-19/h5,7-8,15,19H,4,6,9-14,16-17H2,1-3H3,(H2,22,23,24). The van der Waals surface area contributed by atoms with Crippen molar-refractivity contribution in [3.8, 4) is 0 Å². The molecule has 0 bridgehead atoms. The van der Waals surface area contributed by atoms with Crippen LogP contribution >= 0.6 is 0 Å². The fraction of sp³-hybridized carbons (Fsp3) is 0.667. The number of benzene rings is 1. The molecular weight excluding hydrogens is 340 g/mol. The lowest BCUT2D eigenvalue weighted by Crippen LogP contribution is -2.42. The van der Waals surface area contributed by atoms with E-state index in [1.807, 2.05) is 7.05 Å². The van der Waals surface area contributed by atoms with Crippen molar-refractivity contribution < 1.29 is 9.47 Å². The van der Waals surface area contributed by atoms with Crippen LogP contribution in [0.2, 0.25) is 0 Å². The first kappa shape index (κ1) is 21.5. The highest BCUT2D eigenvalue weighted by atomic mass is 16.5. The summed E-state index contributed by atoms with van der Waals surface area (Å²) in [5, 5.41) is 6.75. The molecule has 1 atom stereocenters. The van der Waals surface area contributed by atoms with Crippen LogP contribution < -0.4 is 15.5 Å². The van der Waals surface area contributed by atoms with Crippen LogP contribution in [0.25, 0.3) is 0 Å². The van der Waals surface area contributed by atoms with E-state index >= 15 is 0 Å². The predicted octanol–water partition coefficient (Wildman–Crippen LogP) is 2.43. The number of rotatable bonds is 11. The molecule has 1 aromatic rings. The minimum absolute atomic E-state index is 0.585. The normalized spacial score (nSPS) is 17.1. The van der Waals surface area contributed by atoms with Crippen LogP contribution in [-0.4, -0.2) is 65.6 Å². The number of aryl methyl sites for hydroxylation is 1. The highest BCUT2D eigenvalue weighted by Crippen LogP contribution is 2.15. The number of aliphatic imine (C=N–C) groups is 1. The van der Waals surface area contributed by atoms with Crippen molar-refractivity contribution in [2.75, 3.05) is 64.6 Å². The summed E-state index contributed by atoms with van der Waals surface area (Å²) >= 11 is 0. The maximum absolute atomic E-state index is 5.73. The van der Waals surface area contributed by atoms with Crippen molar-refractivity contribution in [1.29, 1.82) is 0 Å². The van der Waals surface area contributed by atoms with Gasteiger partial charge in [-0.15, -0.1) is 0 Å². The Labute approximate surface area is 164 Å². The third-order valence-electron chi connectivity index (χ3n) is 4.78. The van der Waals surface area contributed by atoms with Crippen LogP contribution in [0.1, 0.15) is 25.3 Å². The minimum Gasteiger partial charge on any atom is -0.381 e. The molecule has 1 aliphatic rings. The molecule has 27 heavy (non-hydrogen) atoms. The smallest absolute Gasteiger partial charge is 0.191 e. The maximum Gasteiger partial charge on any atom is 0.191 e. The van der Waals surface area contributed by atoms with Crippen molar-refractivity contribution in [3.63, 3.8) is 0 Å². The molecule has 1 fully saturated rings. The van der Waals surface area contributed by atoms with E-state index in [1.165, 1.54) is 11.3 Å². The number of ether oxygens (including phenoxy) is 2. The zero-order valence-corrected chi connectivity index (χ0v) is 17.2. The Bertz CT molecular complexity index is 559. The molecule has 1 unspecified atom stereocenters. The molecule has 6 heteroatoms. The molecule has 0 amide bonds. The highest BCUT2D eigenvalue weighted by molar-refractivity contribution is 5.79. The van der Waals surface area contributed by atoms with Gasteiger partial charge in [-0.05, 0) is 44.4 Å². The van der Waals surface area contributed by atoms with E-state index in [0.29, 0.717) is 5.92 Å². The molecule has 1 saturated heterocycles. The van der Waals surface area contributed by atoms with Gasteiger partial charge in [0.1, 0.15) is 0 Å². The van der Waals surface area contributed by atoms with Crippen molar-refractivity contribution >= 4 is 11.6 Å². The van der Waals surface area contributed by atoms with Gasteiger partial charge in [-0.2, -0.15) is 0 Å². The average Bonchev–Trinajstić information content (AvgIpc) is 3.19. The summed E-state index contributed by atoms with van der Waals surface area (Å²) in [5.74, 6) is 1.43. The Balaban J connectivity index is 1.57. The number of nitrogens with one attached hydrogen (secondary N) is 2. The second-order valence-corrected chi connectivity index (χ2v) is 7.00. The fourth-order valence-corrected chi connectivity index (χ4v) is 3.17. The molecule has 0 saturated carbocycles. The third-order valence-corrected chi connectivity index (χ3v) is 4.78. The highest BCUT2D eigenvalue weighted by Gasteiger charge is 2.15. The molecule has 152 valence electrons. The molecule has 2 N–H and O–H groups in total. The van der Waals surface area contributed by atoms with Crippen LogP contribution in [0.3, 0.4) is 0 Å². The minimum atomic E-state index is 0.585. The van der Waals surface area contributed by atoms with Crippen LogP contribution in [-0.2, 0) is 9.47 Å². The van der Waals surface area contributed by atoms with Crippen LogP contribution in [0.5, 0.6) is 0 Å². The SMILES string of the molecule is CCN(CCNC(=NC)NCCCOCC1CCOC1)c1cccc(C)c1. The van der Waals surface area contributed by atoms with Gasteiger partial charge in [0.2, 0.25) is 0 Å². The monoisotopic (exact) mass is 376 g/mol. The summed E-state index contributed by atoms with van der Waals surface area (Å²) in [5.41, 5.74) is 2.56. The first-order valence-electron chi connectivity index (χ1n) is 10.1. The number of likely N-dealkylation sites (N-methyl/N-ethyl adjacent to an activating group) is 1. The van der Waals surface area contributed by atoms with Gasteiger partial charge in [-0.1, -0.05) is 12.1 Å². The molecule has 1 aliphatic heterocycles. The Morgan fingerprint density at radius 1 is 1.33 bits per heavy atom. The zero-order valence-electron chi connectivity index (χ0n) is 17.2. The van der Waals surface area contributed by atoms with Gasteiger partial charge in [-0.3, -0.25) is 4.99 Å². The Kier molecular flexibility index (Phi) is 10.0. The van der Waals surface area contributed by atoms with E-state index < -0.39 is 0 Å². The second-order valence-electron chi connectivity index (χ2n) is 7.00. The Morgan fingerprint density at radius 3 is 2.89 bits per heavy atom. The summed E-state index contributed by atoms with van der Waals surface area (Å²) in [6.45, 7) is 11.3. The second kappa shape index (κ2) is 12.6. The fourth-order valence-electron chi connectivity index (χ4n) is 3.17. The van der Waals surface area contributed by atoms with Gasteiger partial charge in [0.25, 0.3) is 0 Å². The summed E-state index contributed by atoms with van der Waals surface area (Å²) in [6, 6.07) is 8.64. The van der Waals surface area contributed by atoms with E-state index in [2.05, 4.69) is 58.6 Å². The van der Waals surface area contributed by atoms with Crippen molar-refractivity contribution in [2.24, 2.45) is 10.9 Å². The maximum atomic E-state index is 5.73. The third kappa shape index (κ3) is 8.18. The van der Waals surface area contributed by atoms with Crippen molar-refractivity contribution in [2.45, 2.75) is 26.7 Å². The topological polar surface area (TPSA) is 58.1 Å². The largest absolute Gasteiger partial charge is 0.381 e. The van der Waals surface area contributed by atoms with E-state index in [-0.39, 0.29) is 0 Å². The van der Waals surface area contributed by atoms with Crippen molar-refractivity contribution in [3.05, 3.63) is 29.8 Å². The number of hydrogen-bond acceptors (Lipinski definition) is 4. The van der Waals surface area contributed by atoms with Crippen LogP contribution in [0, 0.1) is 12.8 Å². The van der Waals surface area contributed by atoms with E-state index in [4.69, 9.17) is 9.47 Å². The summed E-state index contributed by atoms with van der Waals surface area (Å²) in [6.07, 6.45) is 2.10. The summed E-state index contributed by atoms with van der Waals surface area (Å²) in [7, 11) is 1.81. The lowest BCUT2D eigenvalue weighted by atomic mass is 10.1. The Hall–Kier alpha value is -1.79. The van der Waals surface area contributed by atoms with Gasteiger partial charge in [0.15, 0.2) is 5.96 Å². The molecule has 1 aromatic carbocycles. The van der Waals surface area contributed by atoms with E-state index in [1.54, 1.807) is 0 Å². The number of guanidine groups is 1. The van der Waals surface area contributed by atoms with Gasteiger partial charge in [-0.25, -0.2) is 0 Å². The van der Waals surface area contributed by atoms with E-state index in [9.17, 15) is 0 Å². The lowest BCUT2D eigenvalue weighted by Gasteiger charge is -2.24. The van der Waals surface area contributed by atoms with Crippen LogP contribution in [0.4, 0.5) is 5.69 Å². The van der Waals surface area contributed by atoms with Crippen molar-refractivity contribution in [1.82, 2.24) is 10.6 Å². The molecule has 6 nitrogen and oxygen atoms in total. The number of nitrogens with zero attached hydrogens (tertiary/aromatic N) is 2. The lowest BCUT2D eigenvalue weighted by molar-refractivity contribution is 0.0888. The molecule has 0 aliphatic carbocycles. The molecule has 0 radical (unpaired) electrons. The molecule has 0 spiro atoms. The summed E-state index contributed by atoms with van der Waals surface area (Å²) < 4.78 is 11.1. The molecule has 0 aromatic heterocycles. The average molecular weight is 377 g/mol. The molecule has 1 heterocycles. The van der Waals surface area contributed by atoms with E-state index in [0.717, 1.165) is 71.4 Å². The Morgan fingerprint density at radius 2 is 2.19 bits per heavy atom. The predicted molar refractivity (Wildman–Crippen MR) is 113 cm³/mol. The number of hydrogen-bond donors (Lipinski definition) is 2. The first-order chi connectivity index (χ1) is 13.2. The molecule has 2 rings (SSSR count).